The van der Waals surface area contributed by atoms with E-state index >= 15 is 0 Å². The molecule has 0 bridgehead atoms. The van der Waals surface area contributed by atoms with E-state index in [4.69, 9.17) is 5.11 Å². The van der Waals surface area contributed by atoms with Crippen LogP contribution in [0.1, 0.15) is 44.1 Å². The number of allylic oxidation sites excluding steroid dienone is 1. The molecule has 4 nitrogen and oxygen atoms in total. The Hall–Kier alpha value is -2.24. The molecule has 6 heteroatoms. The molecule has 130 valence electrons. The third-order valence-corrected chi connectivity index (χ3v) is 4.07. The molecule has 0 aromatic heterocycles. The van der Waals surface area contributed by atoms with Crippen molar-refractivity contribution in [3.05, 3.63) is 47.0 Å². The SMILES string of the molecule is O=C(O)CCN(Cc1ccc(F)c(F)c1)C(=O)CC1=CCCCC1. The molecule has 2 rings (SSSR count). The summed E-state index contributed by atoms with van der Waals surface area (Å²) in [5, 5.41) is 8.85. The van der Waals surface area contributed by atoms with Crippen molar-refractivity contribution >= 4 is 11.9 Å². The Morgan fingerprint density at radius 1 is 1.17 bits per heavy atom. The molecule has 1 aromatic carbocycles. The largest absolute Gasteiger partial charge is 0.481 e. The predicted molar refractivity (Wildman–Crippen MR) is 85.2 cm³/mol. The van der Waals surface area contributed by atoms with Gasteiger partial charge in [-0.3, -0.25) is 9.59 Å². The number of halogens is 2. The van der Waals surface area contributed by atoms with Gasteiger partial charge in [0.1, 0.15) is 0 Å². The number of hydrogen-bond donors (Lipinski definition) is 1. The fraction of sp³-hybridized carbons (Fsp3) is 0.444. The smallest absolute Gasteiger partial charge is 0.305 e. The van der Waals surface area contributed by atoms with Crippen LogP contribution in [-0.4, -0.2) is 28.4 Å². The summed E-state index contributed by atoms with van der Waals surface area (Å²) in [6, 6.07) is 3.45. The lowest BCUT2D eigenvalue weighted by Crippen LogP contribution is -2.33. The first-order valence-electron chi connectivity index (χ1n) is 8.07. The second kappa shape index (κ2) is 8.57. The molecule has 0 aliphatic heterocycles. The number of benzene rings is 1. The summed E-state index contributed by atoms with van der Waals surface area (Å²) in [6.45, 7) is 0.108. The van der Waals surface area contributed by atoms with E-state index in [-0.39, 0.29) is 31.8 Å². The van der Waals surface area contributed by atoms with Crippen LogP contribution in [0.2, 0.25) is 0 Å². The van der Waals surface area contributed by atoms with Gasteiger partial charge in [0.2, 0.25) is 5.91 Å². The van der Waals surface area contributed by atoms with Gasteiger partial charge in [0.25, 0.3) is 0 Å². The molecule has 1 N–H and O–H groups in total. The molecule has 0 radical (unpaired) electrons. The van der Waals surface area contributed by atoms with Crippen LogP contribution in [0.3, 0.4) is 0 Å². The Morgan fingerprint density at radius 3 is 2.58 bits per heavy atom. The topological polar surface area (TPSA) is 57.6 Å². The van der Waals surface area contributed by atoms with E-state index in [1.54, 1.807) is 0 Å². The van der Waals surface area contributed by atoms with Crippen molar-refractivity contribution in [3.8, 4) is 0 Å². The Labute approximate surface area is 139 Å². The Kier molecular flexibility index (Phi) is 6.46. The highest BCUT2D eigenvalue weighted by atomic mass is 19.2. The summed E-state index contributed by atoms with van der Waals surface area (Å²) < 4.78 is 26.4. The number of carbonyl (C=O) groups excluding carboxylic acids is 1. The first-order chi connectivity index (χ1) is 11.5. The molecule has 0 heterocycles. The van der Waals surface area contributed by atoms with Crippen LogP contribution in [0.25, 0.3) is 0 Å². The lowest BCUT2D eigenvalue weighted by atomic mass is 9.96. The standard InChI is InChI=1S/C18H21F2NO3/c19-15-7-6-14(10-16(15)20)12-21(9-8-18(23)24)17(22)11-13-4-2-1-3-5-13/h4,6-7,10H,1-3,5,8-9,11-12H2,(H,23,24). The zero-order chi connectivity index (χ0) is 17.5. The van der Waals surface area contributed by atoms with Gasteiger partial charge in [-0.05, 0) is 43.4 Å². The Balaban J connectivity index is 2.07. The Morgan fingerprint density at radius 2 is 1.96 bits per heavy atom. The van der Waals surface area contributed by atoms with Gasteiger partial charge < -0.3 is 10.0 Å². The van der Waals surface area contributed by atoms with Crippen LogP contribution in [-0.2, 0) is 16.1 Å². The maximum atomic E-state index is 13.3. The van der Waals surface area contributed by atoms with Crippen LogP contribution in [0.4, 0.5) is 8.78 Å². The fourth-order valence-electron chi connectivity index (χ4n) is 2.75. The number of hydrogen-bond acceptors (Lipinski definition) is 2. The number of rotatable bonds is 7. The second-order valence-corrected chi connectivity index (χ2v) is 5.99. The Bertz CT molecular complexity index is 643. The van der Waals surface area contributed by atoms with Crippen molar-refractivity contribution in [3.63, 3.8) is 0 Å². The van der Waals surface area contributed by atoms with Crippen molar-refractivity contribution in [2.75, 3.05) is 6.54 Å². The molecule has 0 fully saturated rings. The monoisotopic (exact) mass is 337 g/mol. The first-order valence-corrected chi connectivity index (χ1v) is 8.07. The molecule has 0 saturated carbocycles. The summed E-state index contributed by atoms with van der Waals surface area (Å²) >= 11 is 0. The number of amides is 1. The summed E-state index contributed by atoms with van der Waals surface area (Å²) in [6.07, 6.45) is 6.14. The van der Waals surface area contributed by atoms with E-state index in [1.165, 1.54) is 11.0 Å². The van der Waals surface area contributed by atoms with Crippen molar-refractivity contribution in [1.29, 1.82) is 0 Å². The average molecular weight is 337 g/mol. The van der Waals surface area contributed by atoms with Crippen molar-refractivity contribution < 1.29 is 23.5 Å². The second-order valence-electron chi connectivity index (χ2n) is 5.99. The molecule has 0 unspecified atom stereocenters. The summed E-state index contributed by atoms with van der Waals surface area (Å²) in [7, 11) is 0. The van der Waals surface area contributed by atoms with Crippen LogP contribution < -0.4 is 0 Å². The highest BCUT2D eigenvalue weighted by molar-refractivity contribution is 5.79. The summed E-state index contributed by atoms with van der Waals surface area (Å²) in [4.78, 5) is 24.7. The molecular weight excluding hydrogens is 316 g/mol. The molecular formula is C18H21F2NO3. The minimum Gasteiger partial charge on any atom is -0.481 e. The summed E-state index contributed by atoms with van der Waals surface area (Å²) in [5.74, 6) is -3.12. The van der Waals surface area contributed by atoms with E-state index in [1.807, 2.05) is 0 Å². The molecule has 0 atom stereocenters. The third-order valence-electron chi connectivity index (χ3n) is 4.07. The van der Waals surface area contributed by atoms with Gasteiger partial charge in [-0.15, -0.1) is 0 Å². The number of aliphatic carboxylic acids is 1. The highest BCUT2D eigenvalue weighted by Crippen LogP contribution is 2.21. The quantitative estimate of drug-likeness (QED) is 0.773. The van der Waals surface area contributed by atoms with Crippen LogP contribution in [0, 0.1) is 11.6 Å². The number of carbonyl (C=O) groups is 2. The van der Waals surface area contributed by atoms with E-state index in [0.29, 0.717) is 5.56 Å². The van der Waals surface area contributed by atoms with Crippen LogP contribution in [0.5, 0.6) is 0 Å². The molecule has 1 amide bonds. The number of carboxylic acid groups (broad SMARTS) is 1. The zero-order valence-electron chi connectivity index (χ0n) is 13.4. The van der Waals surface area contributed by atoms with E-state index in [9.17, 15) is 18.4 Å². The van der Waals surface area contributed by atoms with Gasteiger partial charge in [-0.2, -0.15) is 0 Å². The van der Waals surface area contributed by atoms with Crippen molar-refractivity contribution in [2.24, 2.45) is 0 Å². The molecule has 0 saturated heterocycles. The van der Waals surface area contributed by atoms with Gasteiger partial charge in [0.05, 0.1) is 6.42 Å². The molecule has 1 aromatic rings. The zero-order valence-corrected chi connectivity index (χ0v) is 13.4. The molecule has 1 aliphatic rings. The average Bonchev–Trinajstić information content (AvgIpc) is 2.55. The van der Waals surface area contributed by atoms with Gasteiger partial charge in [0.15, 0.2) is 11.6 Å². The van der Waals surface area contributed by atoms with Gasteiger partial charge in [-0.25, -0.2) is 8.78 Å². The van der Waals surface area contributed by atoms with Crippen LogP contribution in [0.15, 0.2) is 29.8 Å². The molecule has 0 spiro atoms. The molecule has 1 aliphatic carbocycles. The fourth-order valence-corrected chi connectivity index (χ4v) is 2.75. The maximum Gasteiger partial charge on any atom is 0.305 e. The van der Waals surface area contributed by atoms with Gasteiger partial charge in [0, 0.05) is 19.5 Å². The predicted octanol–water partition coefficient (Wildman–Crippen LogP) is 3.66. The van der Waals surface area contributed by atoms with E-state index in [0.717, 1.165) is 43.4 Å². The van der Waals surface area contributed by atoms with Crippen molar-refractivity contribution in [1.82, 2.24) is 4.90 Å². The highest BCUT2D eigenvalue weighted by Gasteiger charge is 2.18. The van der Waals surface area contributed by atoms with Crippen LogP contribution >= 0.6 is 0 Å². The normalized spacial score (nSPS) is 14.2. The first kappa shape index (κ1) is 18.1. The number of nitrogens with zero attached hydrogens (tertiary/aromatic N) is 1. The lowest BCUT2D eigenvalue weighted by Gasteiger charge is -2.24. The summed E-state index contributed by atoms with van der Waals surface area (Å²) in [5.41, 5.74) is 1.50. The minimum atomic E-state index is -1.00. The van der Waals surface area contributed by atoms with Gasteiger partial charge in [-0.1, -0.05) is 17.7 Å². The maximum absolute atomic E-state index is 13.3. The van der Waals surface area contributed by atoms with Crippen molar-refractivity contribution in [2.45, 2.75) is 45.1 Å². The van der Waals surface area contributed by atoms with Gasteiger partial charge >= 0.3 is 5.97 Å². The van der Waals surface area contributed by atoms with E-state index < -0.39 is 17.6 Å². The molecule has 24 heavy (non-hydrogen) atoms. The minimum absolute atomic E-state index is 0.0421. The number of carboxylic acids is 1. The third kappa shape index (κ3) is 5.44. The lowest BCUT2D eigenvalue weighted by molar-refractivity contribution is -0.138. The van der Waals surface area contributed by atoms with E-state index in [2.05, 4.69) is 6.08 Å².